The lowest BCUT2D eigenvalue weighted by Crippen LogP contribution is -2.44. The first-order chi connectivity index (χ1) is 20.0. The van der Waals surface area contributed by atoms with Gasteiger partial charge >= 0.3 is 12.6 Å². The first-order valence-electron chi connectivity index (χ1n) is 13.9. The lowest BCUT2D eigenvalue weighted by atomic mass is 9.96. The molecule has 2 unspecified atom stereocenters. The Labute approximate surface area is 247 Å². The van der Waals surface area contributed by atoms with Gasteiger partial charge in [0.2, 0.25) is 0 Å². The number of nitrogens with one attached hydrogen (secondary N) is 2. The smallest absolute Gasteiger partial charge is 0.323 e. The van der Waals surface area contributed by atoms with E-state index in [1.54, 1.807) is 38.1 Å². The standard InChI is InChI=1S/C27H36N5O8PS/c1-16(25(35)38-18-10-6-4-7-11-18)31-41(42,40-19-12-8-5-9-13-19)37-14-20-22(33)27(3,36)26(39-20)32-15-28-21-23(32)29-17(2)30-24(21)34/h5,8-9,12-13,15-16,18,20,22,26,33,36H,4,6-7,10-11,14H2,1-3H3,(H,31,42)(H,29,30,34)/t16?,20-,22-,26-,27-,41?/m1/s1. The number of aryl methyl sites for hydroxylation is 1. The van der Waals surface area contributed by atoms with Crippen molar-refractivity contribution in [2.24, 2.45) is 0 Å². The highest BCUT2D eigenvalue weighted by molar-refractivity contribution is 8.09. The highest BCUT2D eigenvalue weighted by Gasteiger charge is 2.54. The molecule has 1 aromatic carbocycles. The zero-order valence-corrected chi connectivity index (χ0v) is 25.3. The van der Waals surface area contributed by atoms with Crippen LogP contribution in [0.5, 0.6) is 5.75 Å². The van der Waals surface area contributed by atoms with Crippen LogP contribution in [0.4, 0.5) is 0 Å². The Hall–Kier alpha value is -2.71. The van der Waals surface area contributed by atoms with E-state index in [-0.39, 0.29) is 23.9 Å². The van der Waals surface area contributed by atoms with Crippen LogP contribution < -0.4 is 15.2 Å². The average molecular weight is 622 g/mol. The Balaban J connectivity index is 1.32. The summed E-state index contributed by atoms with van der Waals surface area (Å²) in [6, 6.07) is 7.95. The van der Waals surface area contributed by atoms with Crippen molar-refractivity contribution in [3.05, 3.63) is 52.8 Å². The van der Waals surface area contributed by atoms with E-state index in [2.05, 4.69) is 20.0 Å². The van der Waals surface area contributed by atoms with Crippen LogP contribution in [0.3, 0.4) is 0 Å². The molecule has 0 radical (unpaired) electrons. The van der Waals surface area contributed by atoms with E-state index in [0.29, 0.717) is 11.6 Å². The first-order valence-corrected chi connectivity index (χ1v) is 16.6. The number of carbonyl (C=O) groups is 1. The number of aliphatic hydroxyl groups is 2. The summed E-state index contributed by atoms with van der Waals surface area (Å²) >= 11 is 5.80. The van der Waals surface area contributed by atoms with Crippen molar-refractivity contribution in [1.29, 1.82) is 0 Å². The maximum Gasteiger partial charge on any atom is 0.323 e. The Morgan fingerprint density at radius 2 is 2.02 bits per heavy atom. The summed E-state index contributed by atoms with van der Waals surface area (Å²) in [5.41, 5.74) is -1.98. The lowest BCUT2D eigenvalue weighted by molar-refractivity contribution is -0.152. The van der Waals surface area contributed by atoms with Gasteiger partial charge < -0.3 is 33.7 Å². The van der Waals surface area contributed by atoms with E-state index in [0.717, 1.165) is 32.1 Å². The second kappa shape index (κ2) is 12.5. The fraction of sp³-hybridized carbons (Fsp3) is 0.556. The van der Waals surface area contributed by atoms with Crippen LogP contribution in [0.25, 0.3) is 11.2 Å². The minimum Gasteiger partial charge on any atom is -0.461 e. The van der Waals surface area contributed by atoms with E-state index in [4.69, 9.17) is 30.3 Å². The molecular formula is C27H36N5O8PS. The minimum atomic E-state index is -3.42. The van der Waals surface area contributed by atoms with Gasteiger partial charge in [-0.25, -0.2) is 15.1 Å². The molecule has 0 bridgehead atoms. The van der Waals surface area contributed by atoms with Crippen LogP contribution in [0.2, 0.25) is 0 Å². The van der Waals surface area contributed by atoms with Gasteiger partial charge in [-0.2, -0.15) is 0 Å². The molecule has 1 saturated carbocycles. The summed E-state index contributed by atoms with van der Waals surface area (Å²) in [5, 5.41) is 25.4. The number of hydrogen-bond acceptors (Lipinski definition) is 11. The molecule has 3 heterocycles. The molecule has 3 aromatic rings. The number of para-hydroxylation sites is 1. The van der Waals surface area contributed by atoms with Gasteiger partial charge in [-0.3, -0.25) is 14.2 Å². The van der Waals surface area contributed by atoms with Crippen LogP contribution in [-0.2, 0) is 30.6 Å². The van der Waals surface area contributed by atoms with Crippen LogP contribution in [-0.4, -0.2) is 72.3 Å². The normalized spacial score (nSPS) is 27.0. The van der Waals surface area contributed by atoms with Crippen molar-refractivity contribution in [2.45, 2.75) is 89.1 Å². The predicted molar refractivity (Wildman–Crippen MR) is 156 cm³/mol. The Kier molecular flexibility index (Phi) is 9.14. The third-order valence-corrected chi connectivity index (χ3v) is 9.98. The topological polar surface area (TPSA) is 170 Å². The third-order valence-electron chi connectivity index (χ3n) is 7.48. The van der Waals surface area contributed by atoms with Crippen LogP contribution >= 0.6 is 6.64 Å². The largest absolute Gasteiger partial charge is 0.461 e. The van der Waals surface area contributed by atoms with Crippen molar-refractivity contribution in [3.63, 3.8) is 0 Å². The van der Waals surface area contributed by atoms with Crippen molar-refractivity contribution < 1.29 is 33.5 Å². The summed E-state index contributed by atoms with van der Waals surface area (Å²) in [7, 11) is 0. The van der Waals surface area contributed by atoms with E-state index in [9.17, 15) is 19.8 Å². The molecule has 228 valence electrons. The molecule has 1 aliphatic carbocycles. The minimum absolute atomic E-state index is 0.0688. The average Bonchev–Trinajstić information content (AvgIpc) is 3.46. The number of hydrogen-bond donors (Lipinski definition) is 4. The number of nitrogens with zero attached hydrogens (tertiary/aromatic N) is 3. The number of rotatable bonds is 10. The molecule has 5 rings (SSSR count). The van der Waals surface area contributed by atoms with Gasteiger partial charge in [0.05, 0.1) is 12.9 Å². The molecule has 6 atom stereocenters. The van der Waals surface area contributed by atoms with Gasteiger partial charge in [-0.1, -0.05) is 24.6 Å². The second-order valence-corrected chi connectivity index (χ2v) is 14.1. The molecule has 0 amide bonds. The number of imidazole rings is 1. The third kappa shape index (κ3) is 6.60. The number of esters is 1. The molecule has 15 heteroatoms. The van der Waals surface area contributed by atoms with Gasteiger partial charge in [-0.05, 0) is 70.4 Å². The SMILES string of the molecule is Cc1nc2c(ncn2[C@@H]2O[C@H](COP(=S)(NC(C)C(=O)OC3CCCCC3)Oc3ccccc3)[C@@H](O)[C@@]2(C)O)c(=O)[nH]1. The van der Waals surface area contributed by atoms with Crippen molar-refractivity contribution in [1.82, 2.24) is 24.6 Å². The molecule has 2 fully saturated rings. The molecule has 0 spiro atoms. The zero-order chi connectivity index (χ0) is 30.1. The van der Waals surface area contributed by atoms with Crippen molar-refractivity contribution >= 4 is 35.6 Å². The summed E-state index contributed by atoms with van der Waals surface area (Å²) < 4.78 is 25.3. The van der Waals surface area contributed by atoms with Gasteiger partial charge in [-0.15, -0.1) is 0 Å². The number of aromatic nitrogens is 4. The lowest BCUT2D eigenvalue weighted by Gasteiger charge is -2.29. The maximum absolute atomic E-state index is 12.9. The Morgan fingerprint density at radius 1 is 1.31 bits per heavy atom. The molecule has 1 saturated heterocycles. The number of aliphatic hydroxyl groups excluding tert-OH is 1. The fourth-order valence-corrected chi connectivity index (χ4v) is 7.62. The van der Waals surface area contributed by atoms with Gasteiger partial charge in [0.25, 0.3) is 5.56 Å². The van der Waals surface area contributed by atoms with Crippen molar-refractivity contribution in [2.75, 3.05) is 6.61 Å². The monoisotopic (exact) mass is 621 g/mol. The van der Waals surface area contributed by atoms with E-state index >= 15 is 0 Å². The molecule has 1 aliphatic heterocycles. The molecular weight excluding hydrogens is 585 g/mol. The van der Waals surface area contributed by atoms with Gasteiger partial charge in [0.15, 0.2) is 17.4 Å². The van der Waals surface area contributed by atoms with Crippen LogP contribution in [0.15, 0.2) is 41.5 Å². The predicted octanol–water partition coefficient (Wildman–Crippen LogP) is 2.61. The van der Waals surface area contributed by atoms with Gasteiger partial charge in [0, 0.05) is 0 Å². The molecule has 13 nitrogen and oxygen atoms in total. The van der Waals surface area contributed by atoms with Crippen molar-refractivity contribution in [3.8, 4) is 5.75 Å². The summed E-state index contributed by atoms with van der Waals surface area (Å²) in [4.78, 5) is 36.3. The van der Waals surface area contributed by atoms with E-state index in [1.165, 1.54) is 17.8 Å². The number of aromatic amines is 1. The Bertz CT molecular complexity index is 1510. The fourth-order valence-electron chi connectivity index (χ4n) is 5.21. The number of ether oxygens (including phenoxy) is 2. The number of benzene rings is 1. The zero-order valence-electron chi connectivity index (χ0n) is 23.6. The van der Waals surface area contributed by atoms with Crippen LogP contribution in [0.1, 0.15) is 58.0 Å². The summed E-state index contributed by atoms with van der Waals surface area (Å²) in [6.07, 6.45) is 2.41. The summed E-state index contributed by atoms with van der Waals surface area (Å²) in [6.45, 7) is 0.954. The highest BCUT2D eigenvalue weighted by atomic mass is 32.5. The summed E-state index contributed by atoms with van der Waals surface area (Å²) in [5.74, 6) is 0.324. The molecule has 42 heavy (non-hydrogen) atoms. The Morgan fingerprint density at radius 3 is 2.74 bits per heavy atom. The molecule has 4 N–H and O–H groups in total. The maximum atomic E-state index is 12.9. The van der Waals surface area contributed by atoms with Crippen LogP contribution in [0, 0.1) is 6.92 Å². The quantitative estimate of drug-likeness (QED) is 0.193. The number of carbonyl (C=O) groups excluding carboxylic acids is 1. The van der Waals surface area contributed by atoms with E-state index < -0.39 is 48.2 Å². The number of H-pyrrole nitrogens is 1. The van der Waals surface area contributed by atoms with Gasteiger partial charge in [0.1, 0.15) is 41.5 Å². The second-order valence-electron chi connectivity index (χ2n) is 10.9. The highest BCUT2D eigenvalue weighted by Crippen LogP contribution is 2.47. The first kappa shape index (κ1) is 30.7. The molecule has 2 aromatic heterocycles. The molecule has 2 aliphatic rings. The number of fused-ring (bicyclic) bond motifs is 1. The van der Waals surface area contributed by atoms with E-state index in [1.807, 2.05) is 6.07 Å².